The standard InChI is InChI=1S/C23H33N3O3/c27-21(9-6-13-24-16-23(29)11-4-1-5-12-23)26-14-10-20-19(15-26)17-7-2-3-8-18(17)22(28)25-20/h2-3,7-8,21,24,27,29H,1,4-6,9-16H2,(H,25,28). The van der Waals surface area contributed by atoms with Crippen molar-refractivity contribution in [1.82, 2.24) is 15.2 Å². The van der Waals surface area contributed by atoms with E-state index in [1.165, 1.54) is 6.42 Å². The van der Waals surface area contributed by atoms with Gasteiger partial charge in [-0.05, 0) is 49.2 Å². The average molecular weight is 400 g/mol. The highest BCUT2D eigenvalue weighted by Gasteiger charge is 2.28. The molecular weight excluding hydrogens is 366 g/mol. The highest BCUT2D eigenvalue weighted by Crippen LogP contribution is 2.27. The van der Waals surface area contributed by atoms with Gasteiger partial charge in [0.25, 0.3) is 5.56 Å². The van der Waals surface area contributed by atoms with Crippen molar-refractivity contribution in [1.29, 1.82) is 0 Å². The van der Waals surface area contributed by atoms with Crippen molar-refractivity contribution in [3.63, 3.8) is 0 Å². The van der Waals surface area contributed by atoms with Crippen molar-refractivity contribution >= 4 is 10.8 Å². The Labute approximate surface area is 171 Å². The molecule has 4 N–H and O–H groups in total. The molecule has 0 amide bonds. The molecule has 158 valence electrons. The lowest BCUT2D eigenvalue weighted by atomic mass is 9.85. The number of aromatic amines is 1. The zero-order valence-corrected chi connectivity index (χ0v) is 17.1. The van der Waals surface area contributed by atoms with Gasteiger partial charge < -0.3 is 20.5 Å². The van der Waals surface area contributed by atoms with Crippen LogP contribution >= 0.6 is 0 Å². The van der Waals surface area contributed by atoms with Gasteiger partial charge in [0, 0.05) is 37.1 Å². The van der Waals surface area contributed by atoms with Crippen molar-refractivity contribution < 1.29 is 10.2 Å². The molecule has 0 saturated heterocycles. The number of pyridine rings is 1. The molecule has 2 heterocycles. The summed E-state index contributed by atoms with van der Waals surface area (Å²) in [4.78, 5) is 17.4. The Kier molecular flexibility index (Phi) is 6.35. The quantitative estimate of drug-likeness (QED) is 0.537. The van der Waals surface area contributed by atoms with Crippen LogP contribution in [0.2, 0.25) is 0 Å². The Morgan fingerprint density at radius 3 is 2.72 bits per heavy atom. The molecule has 1 aromatic heterocycles. The van der Waals surface area contributed by atoms with E-state index in [1.54, 1.807) is 0 Å². The van der Waals surface area contributed by atoms with Crippen LogP contribution in [0.3, 0.4) is 0 Å². The van der Waals surface area contributed by atoms with E-state index in [2.05, 4.69) is 15.2 Å². The Morgan fingerprint density at radius 2 is 1.93 bits per heavy atom. The number of aliphatic hydroxyl groups is 2. The Bertz CT molecular complexity index is 889. The van der Waals surface area contributed by atoms with Crippen LogP contribution in [0.4, 0.5) is 0 Å². The Hall–Kier alpha value is -1.73. The fraction of sp³-hybridized carbons (Fsp3) is 0.609. The molecule has 2 aromatic rings. The van der Waals surface area contributed by atoms with Gasteiger partial charge in [-0.2, -0.15) is 0 Å². The molecule has 0 bridgehead atoms. The molecule has 1 aromatic carbocycles. The number of H-pyrrole nitrogens is 1. The second-order valence-electron chi connectivity index (χ2n) is 8.76. The van der Waals surface area contributed by atoms with Gasteiger partial charge in [0.2, 0.25) is 0 Å². The van der Waals surface area contributed by atoms with Gasteiger partial charge in [-0.1, -0.05) is 37.5 Å². The summed E-state index contributed by atoms with van der Waals surface area (Å²) in [6.45, 7) is 2.86. The third-order valence-corrected chi connectivity index (χ3v) is 6.61. The summed E-state index contributed by atoms with van der Waals surface area (Å²) in [5, 5.41) is 26.3. The summed E-state index contributed by atoms with van der Waals surface area (Å²) in [6.07, 6.45) is 7.08. The van der Waals surface area contributed by atoms with E-state index in [1.807, 2.05) is 24.3 Å². The van der Waals surface area contributed by atoms with Crippen molar-refractivity contribution in [2.75, 3.05) is 19.6 Å². The molecule has 29 heavy (non-hydrogen) atoms. The van der Waals surface area contributed by atoms with E-state index in [4.69, 9.17) is 0 Å². The smallest absolute Gasteiger partial charge is 0.256 e. The van der Waals surface area contributed by atoms with Crippen LogP contribution in [0.15, 0.2) is 29.1 Å². The normalized spacial score (nSPS) is 20.5. The van der Waals surface area contributed by atoms with E-state index in [-0.39, 0.29) is 5.56 Å². The lowest BCUT2D eigenvalue weighted by Crippen LogP contribution is -2.43. The number of nitrogens with zero attached hydrogens (tertiary/aromatic N) is 1. The monoisotopic (exact) mass is 399 g/mol. The van der Waals surface area contributed by atoms with Crippen LogP contribution in [-0.4, -0.2) is 51.6 Å². The summed E-state index contributed by atoms with van der Waals surface area (Å²) in [6, 6.07) is 7.70. The molecule has 1 saturated carbocycles. The molecular formula is C23H33N3O3. The number of benzene rings is 1. The third kappa shape index (κ3) is 4.72. The predicted octanol–water partition coefficient (Wildman–Crippen LogP) is 2.27. The first-order valence-corrected chi connectivity index (χ1v) is 11.0. The molecule has 4 rings (SSSR count). The minimum absolute atomic E-state index is 0.0287. The molecule has 1 fully saturated rings. The van der Waals surface area contributed by atoms with E-state index in [9.17, 15) is 15.0 Å². The van der Waals surface area contributed by atoms with E-state index < -0.39 is 11.8 Å². The summed E-state index contributed by atoms with van der Waals surface area (Å²) in [7, 11) is 0. The lowest BCUT2D eigenvalue weighted by molar-refractivity contribution is -0.0139. The van der Waals surface area contributed by atoms with Crippen LogP contribution in [-0.2, 0) is 13.0 Å². The van der Waals surface area contributed by atoms with Crippen molar-refractivity contribution in [2.24, 2.45) is 0 Å². The minimum atomic E-state index is -0.536. The van der Waals surface area contributed by atoms with E-state index >= 15 is 0 Å². The first-order valence-electron chi connectivity index (χ1n) is 11.0. The summed E-state index contributed by atoms with van der Waals surface area (Å²) >= 11 is 0. The van der Waals surface area contributed by atoms with Gasteiger partial charge in [-0.3, -0.25) is 9.69 Å². The molecule has 2 aliphatic rings. The van der Waals surface area contributed by atoms with Crippen molar-refractivity contribution in [3.05, 3.63) is 45.9 Å². The fourth-order valence-electron chi connectivity index (χ4n) is 4.87. The predicted molar refractivity (Wildman–Crippen MR) is 115 cm³/mol. The topological polar surface area (TPSA) is 88.6 Å². The summed E-state index contributed by atoms with van der Waals surface area (Å²) in [5.41, 5.74) is 1.56. The first-order chi connectivity index (χ1) is 14.1. The highest BCUT2D eigenvalue weighted by atomic mass is 16.3. The Morgan fingerprint density at radius 1 is 1.17 bits per heavy atom. The molecule has 1 unspecified atom stereocenters. The fourth-order valence-corrected chi connectivity index (χ4v) is 4.87. The molecule has 0 spiro atoms. The maximum atomic E-state index is 12.3. The van der Waals surface area contributed by atoms with Gasteiger partial charge in [-0.25, -0.2) is 0 Å². The van der Waals surface area contributed by atoms with Crippen molar-refractivity contribution in [2.45, 2.75) is 69.7 Å². The molecule has 1 aliphatic heterocycles. The number of aliphatic hydroxyl groups excluding tert-OH is 1. The second kappa shape index (κ2) is 8.96. The van der Waals surface area contributed by atoms with Crippen LogP contribution in [0, 0.1) is 0 Å². The Balaban J connectivity index is 1.29. The van der Waals surface area contributed by atoms with E-state index in [0.717, 1.165) is 68.3 Å². The SMILES string of the molecule is O=c1[nH]c2c(c3ccccc13)CN(C(O)CCCNCC1(O)CCCCC1)CC2. The van der Waals surface area contributed by atoms with Gasteiger partial charge in [0.1, 0.15) is 6.23 Å². The number of aromatic nitrogens is 1. The number of fused-ring (bicyclic) bond motifs is 3. The molecule has 6 nitrogen and oxygen atoms in total. The molecule has 1 atom stereocenters. The average Bonchev–Trinajstić information content (AvgIpc) is 2.74. The number of rotatable bonds is 7. The molecule has 6 heteroatoms. The van der Waals surface area contributed by atoms with Gasteiger partial charge >= 0.3 is 0 Å². The first kappa shape index (κ1) is 20.5. The second-order valence-corrected chi connectivity index (χ2v) is 8.76. The number of hydrogen-bond donors (Lipinski definition) is 4. The zero-order valence-electron chi connectivity index (χ0n) is 17.1. The van der Waals surface area contributed by atoms with Crippen molar-refractivity contribution in [3.8, 4) is 0 Å². The number of nitrogens with one attached hydrogen (secondary N) is 2. The number of hydrogen-bond acceptors (Lipinski definition) is 5. The molecule has 1 aliphatic carbocycles. The van der Waals surface area contributed by atoms with Crippen LogP contribution in [0.25, 0.3) is 10.8 Å². The zero-order chi connectivity index (χ0) is 20.3. The minimum Gasteiger partial charge on any atom is -0.389 e. The largest absolute Gasteiger partial charge is 0.389 e. The van der Waals surface area contributed by atoms with E-state index in [0.29, 0.717) is 24.9 Å². The van der Waals surface area contributed by atoms with Crippen LogP contribution in [0.1, 0.15) is 56.2 Å². The highest BCUT2D eigenvalue weighted by molar-refractivity contribution is 5.85. The van der Waals surface area contributed by atoms with Gasteiger partial charge in [0.05, 0.1) is 5.60 Å². The maximum absolute atomic E-state index is 12.3. The molecule has 0 radical (unpaired) electrons. The summed E-state index contributed by atoms with van der Waals surface area (Å²) < 4.78 is 0. The maximum Gasteiger partial charge on any atom is 0.256 e. The van der Waals surface area contributed by atoms with Gasteiger partial charge in [0.15, 0.2) is 0 Å². The third-order valence-electron chi connectivity index (χ3n) is 6.61. The van der Waals surface area contributed by atoms with Gasteiger partial charge in [-0.15, -0.1) is 0 Å². The lowest BCUT2D eigenvalue weighted by Gasteiger charge is -2.33. The van der Waals surface area contributed by atoms with Crippen LogP contribution < -0.4 is 10.9 Å². The summed E-state index contributed by atoms with van der Waals surface area (Å²) in [5.74, 6) is 0. The van der Waals surface area contributed by atoms with Crippen LogP contribution in [0.5, 0.6) is 0 Å².